The summed E-state index contributed by atoms with van der Waals surface area (Å²) in [6.45, 7) is 1.68. The minimum atomic E-state index is -0.433. The highest BCUT2D eigenvalue weighted by Gasteiger charge is 2.10. The Morgan fingerprint density at radius 1 is 1.42 bits per heavy atom. The summed E-state index contributed by atoms with van der Waals surface area (Å²) in [5.74, 6) is 5.07. The molecule has 0 radical (unpaired) electrons. The molecule has 4 heteroatoms. The minimum absolute atomic E-state index is 0.0609. The zero-order chi connectivity index (χ0) is 9.14. The SMILES string of the molecule is CC(ON)c1cc(O)ccc1O. The van der Waals surface area contributed by atoms with Crippen LogP contribution in [0.5, 0.6) is 11.5 Å². The molecular weight excluding hydrogens is 158 g/mol. The lowest BCUT2D eigenvalue weighted by Gasteiger charge is -2.10. The summed E-state index contributed by atoms with van der Waals surface area (Å²) in [7, 11) is 0. The first kappa shape index (κ1) is 8.83. The highest BCUT2D eigenvalue weighted by Crippen LogP contribution is 2.28. The van der Waals surface area contributed by atoms with Crippen LogP contribution in [0, 0.1) is 0 Å². The van der Waals surface area contributed by atoms with Crippen LogP contribution in [-0.4, -0.2) is 10.2 Å². The Morgan fingerprint density at radius 2 is 2.08 bits per heavy atom. The van der Waals surface area contributed by atoms with Crippen LogP contribution < -0.4 is 5.90 Å². The summed E-state index contributed by atoms with van der Waals surface area (Å²) in [6.07, 6.45) is -0.433. The second kappa shape index (κ2) is 3.42. The molecular formula is C8H11NO3. The Labute approximate surface area is 70.2 Å². The van der Waals surface area contributed by atoms with Crippen molar-refractivity contribution in [2.24, 2.45) is 5.90 Å². The third kappa shape index (κ3) is 1.66. The van der Waals surface area contributed by atoms with E-state index in [2.05, 4.69) is 4.84 Å². The summed E-state index contributed by atoms with van der Waals surface area (Å²) < 4.78 is 0. The highest BCUT2D eigenvalue weighted by molar-refractivity contribution is 5.39. The van der Waals surface area contributed by atoms with Crippen molar-refractivity contribution in [1.29, 1.82) is 0 Å². The van der Waals surface area contributed by atoms with Crippen molar-refractivity contribution < 1.29 is 15.1 Å². The topological polar surface area (TPSA) is 75.7 Å². The van der Waals surface area contributed by atoms with E-state index in [1.807, 2.05) is 0 Å². The van der Waals surface area contributed by atoms with Gasteiger partial charge in [-0.05, 0) is 25.1 Å². The van der Waals surface area contributed by atoms with Crippen molar-refractivity contribution in [3.8, 4) is 11.5 Å². The van der Waals surface area contributed by atoms with Crippen LogP contribution in [0.4, 0.5) is 0 Å². The molecule has 0 bridgehead atoms. The van der Waals surface area contributed by atoms with Gasteiger partial charge in [0.05, 0.1) is 0 Å². The van der Waals surface area contributed by atoms with Gasteiger partial charge in [-0.25, -0.2) is 5.90 Å². The van der Waals surface area contributed by atoms with E-state index < -0.39 is 6.10 Å². The van der Waals surface area contributed by atoms with Gasteiger partial charge in [-0.15, -0.1) is 0 Å². The normalized spacial score (nSPS) is 12.8. The molecule has 1 rings (SSSR count). The third-order valence-electron chi connectivity index (χ3n) is 1.65. The van der Waals surface area contributed by atoms with Gasteiger partial charge < -0.3 is 10.2 Å². The fourth-order valence-corrected chi connectivity index (χ4v) is 0.941. The Bertz CT molecular complexity index is 275. The average Bonchev–Trinajstić information content (AvgIpc) is 2.08. The van der Waals surface area contributed by atoms with Gasteiger partial charge in [0.15, 0.2) is 0 Å². The van der Waals surface area contributed by atoms with E-state index in [1.54, 1.807) is 6.92 Å². The quantitative estimate of drug-likeness (QED) is 0.457. The van der Waals surface area contributed by atoms with Crippen molar-refractivity contribution in [2.45, 2.75) is 13.0 Å². The molecule has 0 amide bonds. The molecule has 12 heavy (non-hydrogen) atoms. The number of hydrogen-bond acceptors (Lipinski definition) is 4. The van der Waals surface area contributed by atoms with Crippen molar-refractivity contribution >= 4 is 0 Å². The van der Waals surface area contributed by atoms with Crippen LogP contribution in [-0.2, 0) is 4.84 Å². The first-order valence-electron chi connectivity index (χ1n) is 3.52. The molecule has 0 saturated carbocycles. The van der Waals surface area contributed by atoms with Crippen LogP contribution in [0.15, 0.2) is 18.2 Å². The minimum Gasteiger partial charge on any atom is -0.508 e. The summed E-state index contributed by atoms with van der Waals surface area (Å²) in [6, 6.07) is 4.19. The lowest BCUT2D eigenvalue weighted by Crippen LogP contribution is -2.05. The molecule has 4 nitrogen and oxygen atoms in total. The maximum Gasteiger partial charge on any atom is 0.121 e. The second-order valence-electron chi connectivity index (χ2n) is 2.52. The molecule has 1 aromatic carbocycles. The lowest BCUT2D eigenvalue weighted by atomic mass is 10.1. The molecule has 1 aromatic rings. The fraction of sp³-hybridized carbons (Fsp3) is 0.250. The van der Waals surface area contributed by atoms with Gasteiger partial charge in [0.2, 0.25) is 0 Å². The largest absolute Gasteiger partial charge is 0.508 e. The molecule has 0 spiro atoms. The number of hydrogen-bond donors (Lipinski definition) is 3. The number of phenols is 2. The smallest absolute Gasteiger partial charge is 0.121 e. The first-order chi connectivity index (χ1) is 5.65. The van der Waals surface area contributed by atoms with Crippen LogP contribution in [0.25, 0.3) is 0 Å². The van der Waals surface area contributed by atoms with Crippen LogP contribution in [0.1, 0.15) is 18.6 Å². The summed E-state index contributed by atoms with van der Waals surface area (Å²) in [5.41, 5.74) is 0.470. The number of phenolic OH excluding ortho intramolecular Hbond substituents is 2. The predicted octanol–water partition coefficient (Wildman–Crippen LogP) is 1.05. The van der Waals surface area contributed by atoms with Gasteiger partial charge in [-0.1, -0.05) is 0 Å². The maximum atomic E-state index is 9.29. The van der Waals surface area contributed by atoms with Gasteiger partial charge in [0, 0.05) is 5.56 Å². The summed E-state index contributed by atoms with van der Waals surface area (Å²) >= 11 is 0. The molecule has 0 saturated heterocycles. The van der Waals surface area contributed by atoms with E-state index in [9.17, 15) is 5.11 Å². The van der Waals surface area contributed by atoms with E-state index in [0.29, 0.717) is 5.56 Å². The van der Waals surface area contributed by atoms with Gasteiger partial charge in [0.1, 0.15) is 17.6 Å². The molecule has 0 heterocycles. The van der Waals surface area contributed by atoms with E-state index in [4.69, 9.17) is 11.0 Å². The maximum absolute atomic E-state index is 9.29. The predicted molar refractivity (Wildman–Crippen MR) is 43.5 cm³/mol. The van der Waals surface area contributed by atoms with E-state index in [-0.39, 0.29) is 11.5 Å². The fourth-order valence-electron chi connectivity index (χ4n) is 0.941. The Kier molecular flexibility index (Phi) is 2.52. The molecule has 1 unspecified atom stereocenters. The summed E-state index contributed by atoms with van der Waals surface area (Å²) in [4.78, 5) is 4.50. The monoisotopic (exact) mass is 169 g/mol. The first-order valence-corrected chi connectivity index (χ1v) is 3.52. The Hall–Kier alpha value is -1.26. The lowest BCUT2D eigenvalue weighted by molar-refractivity contribution is 0.0645. The molecule has 0 aliphatic rings. The van der Waals surface area contributed by atoms with Crippen molar-refractivity contribution in [3.63, 3.8) is 0 Å². The molecule has 66 valence electrons. The zero-order valence-electron chi connectivity index (χ0n) is 6.69. The Morgan fingerprint density at radius 3 is 2.67 bits per heavy atom. The third-order valence-corrected chi connectivity index (χ3v) is 1.65. The van der Waals surface area contributed by atoms with Gasteiger partial charge in [-0.2, -0.15) is 0 Å². The molecule has 0 aromatic heterocycles. The molecule has 4 N–H and O–H groups in total. The molecule has 0 aliphatic carbocycles. The second-order valence-corrected chi connectivity index (χ2v) is 2.52. The average molecular weight is 169 g/mol. The number of aromatic hydroxyl groups is 2. The zero-order valence-corrected chi connectivity index (χ0v) is 6.69. The van der Waals surface area contributed by atoms with Crippen molar-refractivity contribution in [2.75, 3.05) is 0 Å². The number of nitrogens with two attached hydrogens (primary N) is 1. The summed E-state index contributed by atoms with van der Waals surface area (Å²) in [5, 5.41) is 18.4. The van der Waals surface area contributed by atoms with Crippen LogP contribution in [0.3, 0.4) is 0 Å². The number of benzene rings is 1. The van der Waals surface area contributed by atoms with Gasteiger partial charge >= 0.3 is 0 Å². The standard InChI is InChI=1S/C8H11NO3/c1-5(12-9)7-4-6(10)2-3-8(7)11/h2-5,10-11H,9H2,1H3. The highest BCUT2D eigenvalue weighted by atomic mass is 16.6. The molecule has 0 aliphatic heterocycles. The van der Waals surface area contributed by atoms with E-state index >= 15 is 0 Å². The molecule has 0 fully saturated rings. The number of rotatable bonds is 2. The van der Waals surface area contributed by atoms with E-state index in [1.165, 1.54) is 18.2 Å². The molecule has 1 atom stereocenters. The van der Waals surface area contributed by atoms with Crippen molar-refractivity contribution in [1.82, 2.24) is 0 Å². The van der Waals surface area contributed by atoms with Gasteiger partial charge in [0.25, 0.3) is 0 Å². The van der Waals surface area contributed by atoms with Crippen LogP contribution >= 0.6 is 0 Å². The Balaban J connectivity index is 3.04. The van der Waals surface area contributed by atoms with Crippen molar-refractivity contribution in [3.05, 3.63) is 23.8 Å². The van der Waals surface area contributed by atoms with E-state index in [0.717, 1.165) is 0 Å². The van der Waals surface area contributed by atoms with Gasteiger partial charge in [-0.3, -0.25) is 4.84 Å². The van der Waals surface area contributed by atoms with Crippen LogP contribution in [0.2, 0.25) is 0 Å².